The number of hydrogen-bond acceptors (Lipinski definition) is 6. The quantitative estimate of drug-likeness (QED) is 0.430. The molecule has 1 fully saturated rings. The molecule has 186 valence electrons. The molecule has 2 aromatic carbocycles. The van der Waals surface area contributed by atoms with Gasteiger partial charge in [0.2, 0.25) is 0 Å². The molecule has 8 nitrogen and oxygen atoms in total. The average molecular weight is 490 g/mol. The number of hydrogen-bond donors (Lipinski definition) is 2. The number of pyridine rings is 1. The van der Waals surface area contributed by atoms with E-state index in [-0.39, 0.29) is 23.7 Å². The second-order valence-corrected chi connectivity index (χ2v) is 9.23. The summed E-state index contributed by atoms with van der Waals surface area (Å²) in [6, 6.07) is 15.2. The number of benzene rings is 2. The van der Waals surface area contributed by atoms with Crippen molar-refractivity contribution in [1.82, 2.24) is 19.7 Å². The maximum Gasteiger partial charge on any atom is 0.251 e. The van der Waals surface area contributed by atoms with Crippen molar-refractivity contribution in [1.29, 1.82) is 0 Å². The second kappa shape index (κ2) is 9.58. The number of carbonyl (C=O) groups excluding carboxylic acids is 1. The summed E-state index contributed by atoms with van der Waals surface area (Å²) < 4.78 is 21.0. The zero-order valence-corrected chi connectivity index (χ0v) is 20.1. The molecule has 0 aliphatic carbocycles. The molecule has 0 bridgehead atoms. The zero-order valence-electron chi connectivity index (χ0n) is 20.1. The highest BCUT2D eigenvalue weighted by atomic mass is 19.1. The first-order chi connectivity index (χ1) is 17.3. The summed E-state index contributed by atoms with van der Waals surface area (Å²) in [4.78, 5) is 18.6. The normalized spacial score (nSPS) is 18.8. The maximum atomic E-state index is 13.5. The largest absolute Gasteiger partial charge is 0.457 e. The number of amides is 1. The summed E-state index contributed by atoms with van der Waals surface area (Å²) >= 11 is 0. The van der Waals surface area contributed by atoms with Crippen LogP contribution < -0.4 is 10.5 Å². The number of likely N-dealkylation sites (tertiary alicyclic amines) is 1. The summed E-state index contributed by atoms with van der Waals surface area (Å²) in [5.41, 5.74) is 8.59. The zero-order chi connectivity index (χ0) is 25.4. The van der Waals surface area contributed by atoms with Gasteiger partial charge < -0.3 is 20.5 Å². The molecule has 1 saturated heterocycles. The van der Waals surface area contributed by atoms with Crippen LogP contribution in [0.15, 0.2) is 60.8 Å². The van der Waals surface area contributed by atoms with E-state index in [9.17, 15) is 14.3 Å². The molecule has 4 aromatic rings. The molecular formula is C27H28FN5O3. The van der Waals surface area contributed by atoms with Gasteiger partial charge in [0.05, 0.1) is 11.4 Å². The minimum absolute atomic E-state index is 0.00923. The number of anilines is 1. The van der Waals surface area contributed by atoms with Crippen molar-refractivity contribution < 1.29 is 19.0 Å². The number of aliphatic hydroxyl groups excluding tert-OH is 1. The fraction of sp³-hybridized carbons (Fsp3) is 0.296. The van der Waals surface area contributed by atoms with Gasteiger partial charge in [0.25, 0.3) is 5.91 Å². The van der Waals surface area contributed by atoms with Gasteiger partial charge in [-0.15, -0.1) is 0 Å². The number of nitrogens with two attached hydrogens (primary N) is 1. The van der Waals surface area contributed by atoms with Crippen molar-refractivity contribution in [3.63, 3.8) is 0 Å². The predicted molar refractivity (Wildman–Crippen MR) is 135 cm³/mol. The van der Waals surface area contributed by atoms with Crippen LogP contribution in [0.3, 0.4) is 0 Å². The molecule has 36 heavy (non-hydrogen) atoms. The first-order valence-electron chi connectivity index (χ1n) is 12.0. The Morgan fingerprint density at radius 2 is 1.94 bits per heavy atom. The smallest absolute Gasteiger partial charge is 0.251 e. The minimum Gasteiger partial charge on any atom is -0.457 e. The summed E-state index contributed by atoms with van der Waals surface area (Å²) in [7, 11) is 0. The summed E-state index contributed by atoms with van der Waals surface area (Å²) in [5, 5.41) is 15.7. The van der Waals surface area contributed by atoms with Crippen LogP contribution in [0.25, 0.3) is 16.6 Å². The second-order valence-electron chi connectivity index (χ2n) is 9.23. The summed E-state index contributed by atoms with van der Waals surface area (Å²) in [6.07, 6.45) is 2.28. The molecule has 1 amide bonds. The van der Waals surface area contributed by atoms with Crippen LogP contribution in [0, 0.1) is 5.82 Å². The highest BCUT2D eigenvalue weighted by Crippen LogP contribution is 2.36. The van der Waals surface area contributed by atoms with E-state index in [0.717, 1.165) is 29.6 Å². The molecule has 0 saturated carbocycles. The lowest BCUT2D eigenvalue weighted by atomic mass is 9.89. The molecule has 5 rings (SSSR count). The van der Waals surface area contributed by atoms with E-state index >= 15 is 0 Å². The number of aliphatic hydroxyl groups is 1. The van der Waals surface area contributed by atoms with Crippen molar-refractivity contribution in [2.45, 2.75) is 44.8 Å². The third kappa shape index (κ3) is 4.49. The van der Waals surface area contributed by atoms with Gasteiger partial charge in [-0.2, -0.15) is 5.10 Å². The first-order valence-corrected chi connectivity index (χ1v) is 12.0. The first kappa shape index (κ1) is 23.7. The Hall–Kier alpha value is -3.98. The van der Waals surface area contributed by atoms with Gasteiger partial charge in [-0.25, -0.2) is 14.1 Å². The van der Waals surface area contributed by atoms with Crippen molar-refractivity contribution in [3.8, 4) is 17.2 Å². The van der Waals surface area contributed by atoms with E-state index in [4.69, 9.17) is 15.6 Å². The van der Waals surface area contributed by atoms with Crippen LogP contribution in [0.5, 0.6) is 11.5 Å². The lowest BCUT2D eigenvalue weighted by Gasteiger charge is -2.38. The third-order valence-corrected chi connectivity index (χ3v) is 6.67. The van der Waals surface area contributed by atoms with Crippen molar-refractivity contribution in [2.75, 3.05) is 12.3 Å². The lowest BCUT2D eigenvalue weighted by molar-refractivity contribution is -0.143. The number of aromatic nitrogens is 3. The molecule has 0 radical (unpaired) electrons. The van der Waals surface area contributed by atoms with Crippen LogP contribution in [0.4, 0.5) is 10.2 Å². The van der Waals surface area contributed by atoms with E-state index in [1.54, 1.807) is 40.0 Å². The van der Waals surface area contributed by atoms with Gasteiger partial charge in [-0.05, 0) is 69.2 Å². The van der Waals surface area contributed by atoms with Crippen LogP contribution in [-0.2, 0) is 4.79 Å². The topological polar surface area (TPSA) is 106 Å². The number of rotatable bonds is 5. The Labute approximate surface area is 208 Å². The van der Waals surface area contributed by atoms with E-state index in [1.165, 1.54) is 19.1 Å². The molecule has 3 heterocycles. The van der Waals surface area contributed by atoms with E-state index in [1.807, 2.05) is 25.1 Å². The molecule has 1 aliphatic rings. The number of nitrogen functional groups attached to an aromatic ring is 1. The fourth-order valence-corrected chi connectivity index (χ4v) is 4.80. The van der Waals surface area contributed by atoms with Crippen LogP contribution in [0.1, 0.15) is 38.3 Å². The molecule has 1 aliphatic heterocycles. The van der Waals surface area contributed by atoms with Gasteiger partial charge in [0.15, 0.2) is 0 Å². The van der Waals surface area contributed by atoms with Gasteiger partial charge in [-0.3, -0.25) is 4.79 Å². The van der Waals surface area contributed by atoms with Gasteiger partial charge in [-0.1, -0.05) is 6.07 Å². The van der Waals surface area contributed by atoms with E-state index in [2.05, 4.69) is 4.98 Å². The SMILES string of the molecule is C[C@@H](O)C(=O)N1C[C@H](c2nn(-c3ccc(Oc4cccc(F)c4)cc3)c3c(N)nccc23)CC[C@@H]1C. The average Bonchev–Trinajstić information content (AvgIpc) is 3.25. The minimum atomic E-state index is -1.05. The Balaban J connectivity index is 1.49. The number of halogens is 1. The Kier molecular flexibility index (Phi) is 6.32. The van der Waals surface area contributed by atoms with Crippen LogP contribution in [0.2, 0.25) is 0 Å². The maximum absolute atomic E-state index is 13.5. The number of fused-ring (bicyclic) bond motifs is 1. The van der Waals surface area contributed by atoms with Crippen molar-refractivity contribution >= 4 is 22.6 Å². The lowest BCUT2D eigenvalue weighted by Crippen LogP contribution is -2.48. The molecule has 2 aromatic heterocycles. The van der Waals surface area contributed by atoms with Gasteiger partial charge >= 0.3 is 0 Å². The monoisotopic (exact) mass is 489 g/mol. The number of piperidine rings is 1. The molecular weight excluding hydrogens is 461 g/mol. The predicted octanol–water partition coefficient (Wildman–Crippen LogP) is 4.41. The van der Waals surface area contributed by atoms with E-state index < -0.39 is 6.10 Å². The summed E-state index contributed by atoms with van der Waals surface area (Å²) in [6.45, 7) is 3.97. The fourth-order valence-electron chi connectivity index (χ4n) is 4.80. The van der Waals surface area contributed by atoms with Crippen LogP contribution >= 0.6 is 0 Å². The molecule has 3 atom stereocenters. The number of carbonyl (C=O) groups is 1. The van der Waals surface area contributed by atoms with Crippen molar-refractivity contribution in [3.05, 3.63) is 72.3 Å². The van der Waals surface area contributed by atoms with Gasteiger partial charge in [0.1, 0.15) is 34.8 Å². The molecule has 0 spiro atoms. The number of nitrogens with zero attached hydrogens (tertiary/aromatic N) is 4. The molecule has 3 N–H and O–H groups in total. The van der Waals surface area contributed by atoms with Crippen molar-refractivity contribution in [2.24, 2.45) is 0 Å². The highest BCUT2D eigenvalue weighted by Gasteiger charge is 2.34. The standard InChI is InChI=1S/C27H28FN5O3/c1-16-6-7-18(15-32(16)27(35)17(2)34)24-23-12-13-30-26(29)25(23)33(31-24)20-8-10-21(11-9-20)36-22-5-3-4-19(28)14-22/h3-5,8-14,16-18,34H,6-7,15H2,1-2H3,(H2,29,30)/t16-,17+,18+/m0/s1. The Morgan fingerprint density at radius 3 is 2.67 bits per heavy atom. The Bertz CT molecular complexity index is 1400. The Morgan fingerprint density at radius 1 is 1.17 bits per heavy atom. The number of ether oxygens (including phenoxy) is 1. The molecule has 9 heteroatoms. The third-order valence-electron chi connectivity index (χ3n) is 6.67. The summed E-state index contributed by atoms with van der Waals surface area (Å²) in [5.74, 6) is 0.670. The van der Waals surface area contributed by atoms with Gasteiger partial charge in [0, 0.05) is 36.2 Å². The molecule has 0 unspecified atom stereocenters. The van der Waals surface area contributed by atoms with E-state index in [0.29, 0.717) is 29.4 Å². The highest BCUT2D eigenvalue weighted by molar-refractivity contribution is 5.91. The van der Waals surface area contributed by atoms with Crippen LogP contribution in [-0.4, -0.2) is 49.4 Å².